The van der Waals surface area contributed by atoms with Gasteiger partial charge in [-0.05, 0) is 82.8 Å². The van der Waals surface area contributed by atoms with Gasteiger partial charge in [-0.1, -0.05) is 12.1 Å². The molecule has 1 nitrogen and oxygen atoms in total. The molecule has 2 unspecified atom stereocenters. The molecule has 2 aliphatic rings. The first-order valence-corrected chi connectivity index (χ1v) is 7.78. The highest BCUT2D eigenvalue weighted by Crippen LogP contribution is 2.53. The van der Waals surface area contributed by atoms with E-state index in [1.807, 2.05) is 6.20 Å². The second-order valence-corrected chi connectivity index (χ2v) is 6.72. The van der Waals surface area contributed by atoms with E-state index in [9.17, 15) is 0 Å². The molecule has 0 aliphatic heterocycles. The molecular formula is C17H16BrN. The highest BCUT2D eigenvalue weighted by Gasteiger charge is 2.36. The highest BCUT2D eigenvalue weighted by molar-refractivity contribution is 9.10. The van der Waals surface area contributed by atoms with Crippen molar-refractivity contribution in [2.75, 3.05) is 0 Å². The molecule has 2 aliphatic carbocycles. The summed E-state index contributed by atoms with van der Waals surface area (Å²) in [6.07, 6.45) is 6.07. The van der Waals surface area contributed by atoms with Gasteiger partial charge in [0.05, 0.1) is 5.69 Å². The van der Waals surface area contributed by atoms with Gasteiger partial charge in [-0.25, -0.2) is 0 Å². The quantitative estimate of drug-likeness (QED) is 0.706. The summed E-state index contributed by atoms with van der Waals surface area (Å²) in [4.78, 5) is 4.55. The molecular weight excluding hydrogens is 298 g/mol. The Balaban J connectivity index is 1.80. The van der Waals surface area contributed by atoms with Gasteiger partial charge in [0.2, 0.25) is 0 Å². The molecule has 19 heavy (non-hydrogen) atoms. The van der Waals surface area contributed by atoms with E-state index in [4.69, 9.17) is 0 Å². The Morgan fingerprint density at radius 3 is 2.68 bits per heavy atom. The molecule has 1 fully saturated rings. The smallest absolute Gasteiger partial charge is 0.0705 e. The van der Waals surface area contributed by atoms with E-state index in [1.165, 1.54) is 30.4 Å². The Kier molecular flexibility index (Phi) is 2.56. The van der Waals surface area contributed by atoms with Crippen LogP contribution in [0.15, 0.2) is 34.9 Å². The Labute approximate surface area is 122 Å². The first-order valence-electron chi connectivity index (χ1n) is 6.99. The van der Waals surface area contributed by atoms with Crippen LogP contribution >= 0.6 is 15.9 Å². The van der Waals surface area contributed by atoms with Crippen LogP contribution in [-0.2, 0) is 0 Å². The molecule has 1 aromatic carbocycles. The SMILES string of the molecule is Cc1cc(-c2ccc3c(c2)C2CCC3C2)ncc1Br. The molecule has 2 heteroatoms. The van der Waals surface area contributed by atoms with Gasteiger partial charge in [0, 0.05) is 16.2 Å². The second-order valence-electron chi connectivity index (χ2n) is 5.87. The average Bonchev–Trinajstić information content (AvgIpc) is 3.03. The number of hydrogen-bond donors (Lipinski definition) is 0. The predicted octanol–water partition coefficient (Wildman–Crippen LogP) is 5.18. The van der Waals surface area contributed by atoms with E-state index in [0.29, 0.717) is 0 Å². The molecule has 2 aromatic rings. The predicted molar refractivity (Wildman–Crippen MR) is 81.4 cm³/mol. The van der Waals surface area contributed by atoms with Crippen LogP contribution in [0.2, 0.25) is 0 Å². The number of halogens is 1. The Hall–Kier alpha value is -1.15. The number of fused-ring (bicyclic) bond motifs is 5. The fraction of sp³-hybridized carbons (Fsp3) is 0.353. The summed E-state index contributed by atoms with van der Waals surface area (Å²) in [5.74, 6) is 1.66. The second kappa shape index (κ2) is 4.17. The van der Waals surface area contributed by atoms with Gasteiger partial charge in [0.1, 0.15) is 0 Å². The van der Waals surface area contributed by atoms with E-state index in [1.54, 1.807) is 11.1 Å². The minimum atomic E-state index is 0.816. The fourth-order valence-corrected chi connectivity index (χ4v) is 3.92. The van der Waals surface area contributed by atoms with Crippen LogP contribution in [0, 0.1) is 6.92 Å². The van der Waals surface area contributed by atoms with Crippen LogP contribution in [0.4, 0.5) is 0 Å². The Morgan fingerprint density at radius 1 is 1.11 bits per heavy atom. The largest absolute Gasteiger partial charge is 0.255 e. The van der Waals surface area contributed by atoms with E-state index in [2.05, 4.69) is 52.1 Å². The van der Waals surface area contributed by atoms with Gasteiger partial charge in [-0.3, -0.25) is 4.98 Å². The molecule has 1 aromatic heterocycles. The zero-order chi connectivity index (χ0) is 13.0. The van der Waals surface area contributed by atoms with Gasteiger partial charge in [0.15, 0.2) is 0 Å². The lowest BCUT2D eigenvalue weighted by atomic mass is 9.90. The van der Waals surface area contributed by atoms with Gasteiger partial charge < -0.3 is 0 Å². The third kappa shape index (κ3) is 1.77. The maximum absolute atomic E-state index is 4.55. The summed E-state index contributed by atoms with van der Waals surface area (Å²) in [7, 11) is 0. The molecule has 1 heterocycles. The van der Waals surface area contributed by atoms with Crippen molar-refractivity contribution in [1.29, 1.82) is 0 Å². The summed E-state index contributed by atoms with van der Waals surface area (Å²) in [5.41, 5.74) is 6.80. The van der Waals surface area contributed by atoms with Gasteiger partial charge in [0.25, 0.3) is 0 Å². The maximum Gasteiger partial charge on any atom is 0.0705 e. The van der Waals surface area contributed by atoms with Crippen molar-refractivity contribution in [3.05, 3.63) is 51.6 Å². The van der Waals surface area contributed by atoms with Crippen LogP contribution < -0.4 is 0 Å². The normalized spacial score (nSPS) is 23.7. The number of aromatic nitrogens is 1. The summed E-state index contributed by atoms with van der Waals surface area (Å²) < 4.78 is 1.08. The monoisotopic (exact) mass is 313 g/mol. The first-order chi connectivity index (χ1) is 9.22. The third-order valence-electron chi connectivity index (χ3n) is 4.74. The highest BCUT2D eigenvalue weighted by atomic mass is 79.9. The molecule has 2 bridgehead atoms. The lowest BCUT2D eigenvalue weighted by Gasteiger charge is -2.16. The fourth-order valence-electron chi connectivity index (χ4n) is 3.70. The standard InChI is InChI=1S/C17H16BrN/c1-10-6-17(19-9-16(10)18)13-4-5-14-11-2-3-12(7-11)15(14)8-13/h4-6,8-9,11-12H,2-3,7H2,1H3. The first kappa shape index (κ1) is 11.7. The van der Waals surface area contributed by atoms with Crippen LogP contribution in [0.1, 0.15) is 47.8 Å². The summed E-state index contributed by atoms with van der Waals surface area (Å²) in [5, 5.41) is 0. The molecule has 0 amide bonds. The minimum Gasteiger partial charge on any atom is -0.255 e. The number of rotatable bonds is 1. The van der Waals surface area contributed by atoms with Crippen molar-refractivity contribution in [3.8, 4) is 11.3 Å². The van der Waals surface area contributed by atoms with Crippen molar-refractivity contribution in [2.24, 2.45) is 0 Å². The van der Waals surface area contributed by atoms with E-state index in [0.717, 1.165) is 22.0 Å². The minimum absolute atomic E-state index is 0.816. The number of benzene rings is 1. The zero-order valence-electron chi connectivity index (χ0n) is 11.0. The molecule has 1 saturated carbocycles. The lowest BCUT2D eigenvalue weighted by molar-refractivity contribution is 0.717. The molecule has 0 radical (unpaired) electrons. The van der Waals surface area contributed by atoms with Crippen LogP contribution in [0.3, 0.4) is 0 Å². The Morgan fingerprint density at radius 2 is 1.89 bits per heavy atom. The molecule has 4 rings (SSSR count). The van der Waals surface area contributed by atoms with E-state index < -0.39 is 0 Å². The van der Waals surface area contributed by atoms with Gasteiger partial charge in [-0.2, -0.15) is 0 Å². The van der Waals surface area contributed by atoms with Crippen molar-refractivity contribution in [1.82, 2.24) is 4.98 Å². The third-order valence-corrected chi connectivity index (χ3v) is 5.57. The molecule has 96 valence electrons. The average molecular weight is 314 g/mol. The Bertz CT molecular complexity index is 662. The molecule has 2 atom stereocenters. The van der Waals surface area contributed by atoms with Crippen molar-refractivity contribution < 1.29 is 0 Å². The maximum atomic E-state index is 4.55. The van der Waals surface area contributed by atoms with E-state index >= 15 is 0 Å². The number of pyridine rings is 1. The zero-order valence-corrected chi connectivity index (χ0v) is 12.6. The van der Waals surface area contributed by atoms with Crippen molar-refractivity contribution in [2.45, 2.75) is 38.0 Å². The molecule has 0 N–H and O–H groups in total. The van der Waals surface area contributed by atoms with Crippen LogP contribution in [0.25, 0.3) is 11.3 Å². The topological polar surface area (TPSA) is 12.9 Å². The lowest BCUT2D eigenvalue weighted by Crippen LogP contribution is -1.98. The summed E-state index contributed by atoms with van der Waals surface area (Å²) in [6.45, 7) is 2.12. The van der Waals surface area contributed by atoms with Gasteiger partial charge >= 0.3 is 0 Å². The summed E-state index contributed by atoms with van der Waals surface area (Å²) in [6, 6.07) is 9.14. The number of nitrogens with zero attached hydrogens (tertiary/aromatic N) is 1. The molecule has 0 saturated heterocycles. The number of hydrogen-bond acceptors (Lipinski definition) is 1. The van der Waals surface area contributed by atoms with Crippen molar-refractivity contribution >= 4 is 15.9 Å². The van der Waals surface area contributed by atoms with Gasteiger partial charge in [-0.15, -0.1) is 0 Å². The number of aryl methyl sites for hydroxylation is 1. The van der Waals surface area contributed by atoms with Crippen LogP contribution in [0.5, 0.6) is 0 Å². The van der Waals surface area contributed by atoms with Crippen LogP contribution in [-0.4, -0.2) is 4.98 Å². The van der Waals surface area contributed by atoms with Crippen molar-refractivity contribution in [3.63, 3.8) is 0 Å². The molecule has 0 spiro atoms. The van der Waals surface area contributed by atoms with E-state index in [-0.39, 0.29) is 0 Å². The summed E-state index contributed by atoms with van der Waals surface area (Å²) >= 11 is 3.52.